The van der Waals surface area contributed by atoms with Crippen LogP contribution in [0.3, 0.4) is 0 Å². The smallest absolute Gasteiger partial charge is 0.405 e. The average molecular weight is 510 g/mol. The van der Waals surface area contributed by atoms with E-state index in [9.17, 15) is 27.2 Å². The molecule has 14 heteroatoms. The lowest BCUT2D eigenvalue weighted by Crippen LogP contribution is -2.33. The molecule has 2 heterocycles. The third kappa shape index (κ3) is 8.01. The number of rotatable bonds is 12. The van der Waals surface area contributed by atoms with Crippen LogP contribution in [0.4, 0.5) is 17.6 Å². The first-order valence-corrected chi connectivity index (χ1v) is 10.6. The number of pyridine rings is 1. The second-order valence-corrected chi connectivity index (χ2v) is 7.22. The van der Waals surface area contributed by atoms with E-state index in [2.05, 4.69) is 20.6 Å². The molecule has 3 rings (SSSR count). The summed E-state index contributed by atoms with van der Waals surface area (Å²) < 4.78 is 61.4. The highest BCUT2D eigenvalue weighted by atomic mass is 19.4. The van der Waals surface area contributed by atoms with Gasteiger partial charge in [0.25, 0.3) is 11.8 Å². The lowest BCUT2D eigenvalue weighted by atomic mass is 10.1. The minimum Gasteiger partial charge on any atom is -0.489 e. The quantitative estimate of drug-likeness (QED) is 0.283. The van der Waals surface area contributed by atoms with Gasteiger partial charge in [-0.15, -0.1) is 5.10 Å². The van der Waals surface area contributed by atoms with Crippen molar-refractivity contribution in [2.45, 2.75) is 12.7 Å². The Bertz CT molecular complexity index is 1160. The van der Waals surface area contributed by atoms with Crippen LogP contribution in [0.1, 0.15) is 26.4 Å². The van der Waals surface area contributed by atoms with Gasteiger partial charge in [0.05, 0.1) is 19.4 Å². The zero-order valence-corrected chi connectivity index (χ0v) is 18.8. The molecule has 0 bridgehead atoms. The van der Waals surface area contributed by atoms with Crippen molar-refractivity contribution in [3.8, 4) is 11.4 Å². The van der Waals surface area contributed by atoms with Gasteiger partial charge in [-0.05, 0) is 29.8 Å². The Morgan fingerprint density at radius 2 is 1.89 bits per heavy atom. The van der Waals surface area contributed by atoms with Crippen molar-refractivity contribution in [2.75, 3.05) is 33.0 Å². The molecule has 36 heavy (non-hydrogen) atoms. The summed E-state index contributed by atoms with van der Waals surface area (Å²) in [7, 11) is 0. The average Bonchev–Trinajstić information content (AvgIpc) is 3.36. The highest BCUT2D eigenvalue weighted by Crippen LogP contribution is 2.25. The third-order valence-corrected chi connectivity index (χ3v) is 4.53. The number of nitrogens with one attached hydrogen (secondary N) is 2. The van der Waals surface area contributed by atoms with E-state index < -0.39 is 31.2 Å². The van der Waals surface area contributed by atoms with Crippen LogP contribution in [0, 0.1) is 0 Å². The first kappa shape index (κ1) is 26.5. The summed E-state index contributed by atoms with van der Waals surface area (Å²) in [5.74, 6) is -1.41. The standard InChI is InChI=1S/C22H22F4N6O4/c23-5-7-35-8-9-36-19-10-16(20(33)29-14-22(24,25)26)3-4-18(19)32-13-17(30-31-32)21(34)28-12-15-2-1-6-27-11-15/h1-4,6,10-11,13H,5,7-9,12,14H2,(H,28,34)(H,29,33). The molecule has 0 saturated heterocycles. The Balaban J connectivity index is 1.75. The fourth-order valence-electron chi connectivity index (χ4n) is 2.87. The Hall–Kier alpha value is -4.07. The summed E-state index contributed by atoms with van der Waals surface area (Å²) in [5.41, 5.74) is 0.926. The van der Waals surface area contributed by atoms with Gasteiger partial charge in [-0.1, -0.05) is 11.3 Å². The van der Waals surface area contributed by atoms with E-state index in [4.69, 9.17) is 9.47 Å². The molecule has 192 valence electrons. The minimum absolute atomic E-state index is 0.0110. The first-order valence-electron chi connectivity index (χ1n) is 10.6. The van der Waals surface area contributed by atoms with E-state index in [0.29, 0.717) is 0 Å². The molecule has 1 aromatic carbocycles. The molecule has 0 spiro atoms. The first-order chi connectivity index (χ1) is 17.3. The van der Waals surface area contributed by atoms with Gasteiger partial charge in [-0.2, -0.15) is 13.2 Å². The summed E-state index contributed by atoms with van der Waals surface area (Å²) in [6.07, 6.45) is -0.0411. The number of alkyl halides is 4. The van der Waals surface area contributed by atoms with Crippen molar-refractivity contribution in [2.24, 2.45) is 0 Å². The molecule has 10 nitrogen and oxygen atoms in total. The van der Waals surface area contributed by atoms with E-state index in [-0.39, 0.29) is 49.1 Å². The fourth-order valence-corrected chi connectivity index (χ4v) is 2.87. The Kier molecular flexibility index (Phi) is 9.27. The monoisotopic (exact) mass is 510 g/mol. The molecule has 0 fully saturated rings. The van der Waals surface area contributed by atoms with E-state index in [0.717, 1.165) is 5.56 Å². The van der Waals surface area contributed by atoms with Crippen LogP contribution in [-0.4, -0.2) is 71.0 Å². The topological polar surface area (TPSA) is 120 Å². The molecule has 0 atom stereocenters. The summed E-state index contributed by atoms with van der Waals surface area (Å²) in [6, 6.07) is 7.40. The molecule has 2 aromatic heterocycles. The Morgan fingerprint density at radius 3 is 2.61 bits per heavy atom. The summed E-state index contributed by atoms with van der Waals surface area (Å²) >= 11 is 0. The van der Waals surface area contributed by atoms with Crippen LogP contribution in [0.5, 0.6) is 5.75 Å². The summed E-state index contributed by atoms with van der Waals surface area (Å²) in [4.78, 5) is 28.6. The van der Waals surface area contributed by atoms with Crippen molar-refractivity contribution in [1.29, 1.82) is 0 Å². The Morgan fingerprint density at radius 1 is 1.06 bits per heavy atom. The van der Waals surface area contributed by atoms with Gasteiger partial charge in [0.15, 0.2) is 5.69 Å². The number of nitrogens with zero attached hydrogens (tertiary/aromatic N) is 4. The van der Waals surface area contributed by atoms with Gasteiger partial charge in [-0.25, -0.2) is 9.07 Å². The second-order valence-electron chi connectivity index (χ2n) is 7.22. The Labute approximate surface area is 202 Å². The molecule has 3 aromatic rings. The van der Waals surface area contributed by atoms with E-state index in [1.165, 1.54) is 29.1 Å². The maximum atomic E-state index is 12.4. The molecule has 2 amide bonds. The van der Waals surface area contributed by atoms with Gasteiger partial charge in [0.2, 0.25) is 0 Å². The number of hydrogen-bond acceptors (Lipinski definition) is 7. The molecule has 0 aliphatic carbocycles. The van der Waals surface area contributed by atoms with Crippen LogP contribution < -0.4 is 15.4 Å². The zero-order valence-electron chi connectivity index (χ0n) is 18.8. The summed E-state index contributed by atoms with van der Waals surface area (Å²) in [6.45, 7) is -2.11. The normalized spacial score (nSPS) is 11.2. The lowest BCUT2D eigenvalue weighted by Gasteiger charge is -2.14. The van der Waals surface area contributed by atoms with Gasteiger partial charge >= 0.3 is 6.18 Å². The predicted molar refractivity (Wildman–Crippen MR) is 117 cm³/mol. The second kappa shape index (κ2) is 12.6. The molecule has 2 N–H and O–H groups in total. The van der Waals surface area contributed by atoms with Crippen molar-refractivity contribution in [1.82, 2.24) is 30.6 Å². The lowest BCUT2D eigenvalue weighted by molar-refractivity contribution is -0.123. The number of aromatic nitrogens is 4. The van der Waals surface area contributed by atoms with Crippen LogP contribution in [-0.2, 0) is 11.3 Å². The van der Waals surface area contributed by atoms with Crippen LogP contribution >= 0.6 is 0 Å². The van der Waals surface area contributed by atoms with Gasteiger partial charge in [0.1, 0.15) is 31.3 Å². The van der Waals surface area contributed by atoms with Crippen molar-refractivity contribution in [3.63, 3.8) is 0 Å². The third-order valence-electron chi connectivity index (χ3n) is 4.53. The fraction of sp³-hybridized carbons (Fsp3) is 0.318. The SMILES string of the molecule is O=C(NCC(F)(F)F)c1ccc(-n2cc(C(=O)NCc3cccnc3)nn2)c(OCCOCCF)c1. The number of hydrogen-bond donors (Lipinski definition) is 2. The van der Waals surface area contributed by atoms with Gasteiger partial charge < -0.3 is 20.1 Å². The molecule has 0 radical (unpaired) electrons. The predicted octanol–water partition coefficient (Wildman–Crippen LogP) is 2.25. The molecular formula is C22H22F4N6O4. The number of carbonyl (C=O) groups is 2. The van der Waals surface area contributed by atoms with E-state index in [1.807, 2.05) is 0 Å². The number of carbonyl (C=O) groups excluding carboxylic acids is 2. The summed E-state index contributed by atoms with van der Waals surface area (Å²) in [5, 5.41) is 12.2. The van der Waals surface area contributed by atoms with Crippen LogP contribution in [0.25, 0.3) is 5.69 Å². The number of halogens is 4. The maximum Gasteiger partial charge on any atom is 0.405 e. The van der Waals surface area contributed by atoms with E-state index >= 15 is 0 Å². The largest absolute Gasteiger partial charge is 0.489 e. The molecule has 0 aliphatic heterocycles. The van der Waals surface area contributed by atoms with Gasteiger partial charge in [-0.3, -0.25) is 14.6 Å². The van der Waals surface area contributed by atoms with Crippen LogP contribution in [0.2, 0.25) is 0 Å². The minimum atomic E-state index is -4.57. The maximum absolute atomic E-state index is 12.4. The highest BCUT2D eigenvalue weighted by Gasteiger charge is 2.28. The van der Waals surface area contributed by atoms with Crippen molar-refractivity contribution < 1.29 is 36.6 Å². The number of amides is 2. The van der Waals surface area contributed by atoms with Crippen molar-refractivity contribution >= 4 is 11.8 Å². The number of ether oxygens (including phenoxy) is 2. The van der Waals surface area contributed by atoms with Crippen LogP contribution in [0.15, 0.2) is 48.9 Å². The molecule has 0 saturated carbocycles. The highest BCUT2D eigenvalue weighted by molar-refractivity contribution is 5.95. The zero-order chi connectivity index (χ0) is 26.0. The molecule has 0 aliphatic rings. The van der Waals surface area contributed by atoms with E-state index in [1.54, 1.807) is 29.8 Å². The molecule has 0 unspecified atom stereocenters. The number of benzene rings is 1. The van der Waals surface area contributed by atoms with Gasteiger partial charge in [0, 0.05) is 24.5 Å². The molecular weight excluding hydrogens is 488 g/mol. The van der Waals surface area contributed by atoms with Crippen molar-refractivity contribution in [3.05, 3.63) is 65.7 Å².